The average molecular weight is 384 g/mol. The van der Waals surface area contributed by atoms with E-state index in [9.17, 15) is 14.0 Å². The van der Waals surface area contributed by atoms with E-state index in [4.69, 9.17) is 0 Å². The normalized spacial score (nSPS) is 11.1. The number of aromatic amines is 1. The van der Waals surface area contributed by atoms with Crippen LogP contribution >= 0.6 is 0 Å². The Bertz CT molecular complexity index is 1240. The number of allylic oxidation sites excluding steroid dienone is 1. The number of halogens is 1. The number of nitrogens with zero attached hydrogens (tertiary/aromatic N) is 1. The minimum Gasteiger partial charge on any atom is -0.305 e. The number of aromatic nitrogens is 2. The maximum atomic E-state index is 13.1. The van der Waals surface area contributed by atoms with Crippen LogP contribution in [0.1, 0.15) is 15.9 Å². The molecule has 1 heterocycles. The third-order valence-electron chi connectivity index (χ3n) is 4.51. The molecule has 5 heteroatoms. The molecule has 0 unspecified atom stereocenters. The molecule has 0 spiro atoms. The molecular formula is C24H17FN2O2. The molecule has 0 aliphatic heterocycles. The van der Waals surface area contributed by atoms with Crippen molar-refractivity contribution in [1.29, 1.82) is 0 Å². The molecule has 1 N–H and O–H groups in total. The van der Waals surface area contributed by atoms with Gasteiger partial charge in [0.1, 0.15) is 5.82 Å². The van der Waals surface area contributed by atoms with E-state index in [1.54, 1.807) is 48.7 Å². The van der Waals surface area contributed by atoms with Gasteiger partial charge in [0, 0.05) is 11.8 Å². The summed E-state index contributed by atoms with van der Waals surface area (Å²) >= 11 is 0. The zero-order valence-corrected chi connectivity index (χ0v) is 15.4. The quantitative estimate of drug-likeness (QED) is 0.394. The molecule has 4 rings (SSSR count). The summed E-state index contributed by atoms with van der Waals surface area (Å²) in [6.07, 6.45) is 4.90. The molecule has 0 fully saturated rings. The van der Waals surface area contributed by atoms with Gasteiger partial charge in [0.25, 0.3) is 0 Å². The van der Waals surface area contributed by atoms with Crippen LogP contribution in [-0.2, 0) is 0 Å². The fourth-order valence-corrected chi connectivity index (χ4v) is 3.00. The summed E-state index contributed by atoms with van der Waals surface area (Å²) in [7, 11) is 0. The van der Waals surface area contributed by atoms with Crippen LogP contribution in [-0.4, -0.2) is 15.3 Å². The van der Waals surface area contributed by atoms with Gasteiger partial charge in [-0.2, -0.15) is 0 Å². The Hall–Kier alpha value is -3.99. The van der Waals surface area contributed by atoms with Crippen molar-refractivity contribution in [3.8, 4) is 16.9 Å². The lowest BCUT2D eigenvalue weighted by Gasteiger charge is -2.03. The largest absolute Gasteiger partial charge is 0.330 e. The lowest BCUT2D eigenvalue weighted by atomic mass is 10.1. The first kappa shape index (κ1) is 18.4. The second kappa shape index (κ2) is 7.94. The Labute approximate surface area is 166 Å². The van der Waals surface area contributed by atoms with Crippen LogP contribution in [0.25, 0.3) is 23.0 Å². The van der Waals surface area contributed by atoms with E-state index in [-0.39, 0.29) is 17.3 Å². The molecule has 1 aromatic heterocycles. The van der Waals surface area contributed by atoms with Crippen LogP contribution in [0.3, 0.4) is 0 Å². The number of carbonyl (C=O) groups excluding carboxylic acids is 1. The van der Waals surface area contributed by atoms with Crippen molar-refractivity contribution >= 4 is 11.9 Å². The van der Waals surface area contributed by atoms with E-state index in [2.05, 4.69) is 4.98 Å². The number of carbonyl (C=O) groups is 1. The van der Waals surface area contributed by atoms with Crippen molar-refractivity contribution in [1.82, 2.24) is 9.55 Å². The van der Waals surface area contributed by atoms with Gasteiger partial charge >= 0.3 is 5.69 Å². The standard InChI is InChI=1S/C24H17FN2O2/c25-20-12-10-18(11-13-20)22-16-27(24(29)26-22)21-8-4-7-19(15-21)23(28)14-9-17-5-2-1-3-6-17/h1-16H,(H,26,29). The number of hydrogen-bond acceptors (Lipinski definition) is 2. The summed E-state index contributed by atoms with van der Waals surface area (Å²) in [6, 6.07) is 22.3. The van der Waals surface area contributed by atoms with Crippen LogP contribution in [0.5, 0.6) is 0 Å². The summed E-state index contributed by atoms with van der Waals surface area (Å²) < 4.78 is 14.6. The molecule has 3 aromatic carbocycles. The van der Waals surface area contributed by atoms with Gasteiger partial charge in [0.2, 0.25) is 0 Å². The average Bonchev–Trinajstić information content (AvgIpc) is 3.15. The Balaban J connectivity index is 1.62. The fraction of sp³-hybridized carbons (Fsp3) is 0. The molecule has 0 aliphatic carbocycles. The first-order valence-corrected chi connectivity index (χ1v) is 9.06. The monoisotopic (exact) mass is 384 g/mol. The van der Waals surface area contributed by atoms with Gasteiger partial charge in [-0.15, -0.1) is 0 Å². The molecule has 0 atom stereocenters. The van der Waals surface area contributed by atoms with Crippen molar-refractivity contribution in [3.63, 3.8) is 0 Å². The third kappa shape index (κ3) is 4.14. The maximum Gasteiger partial charge on any atom is 0.330 e. The van der Waals surface area contributed by atoms with Crippen LogP contribution in [0.2, 0.25) is 0 Å². The number of imidazole rings is 1. The molecule has 0 amide bonds. The zero-order chi connectivity index (χ0) is 20.2. The highest BCUT2D eigenvalue weighted by atomic mass is 19.1. The van der Waals surface area contributed by atoms with Gasteiger partial charge in [0.05, 0.1) is 11.4 Å². The van der Waals surface area contributed by atoms with E-state index in [1.807, 2.05) is 30.3 Å². The molecule has 4 nitrogen and oxygen atoms in total. The second-order valence-electron chi connectivity index (χ2n) is 6.51. The summed E-state index contributed by atoms with van der Waals surface area (Å²) in [5.41, 5.74) is 2.90. The highest BCUT2D eigenvalue weighted by Gasteiger charge is 2.09. The highest BCUT2D eigenvalue weighted by Crippen LogP contribution is 2.18. The summed E-state index contributed by atoms with van der Waals surface area (Å²) in [5, 5.41) is 0. The molecule has 0 aliphatic rings. The molecule has 0 saturated carbocycles. The van der Waals surface area contributed by atoms with Crippen LogP contribution in [0, 0.1) is 5.82 Å². The number of nitrogens with one attached hydrogen (secondary N) is 1. The predicted octanol–water partition coefficient (Wildman–Crippen LogP) is 4.87. The second-order valence-corrected chi connectivity index (χ2v) is 6.51. The number of rotatable bonds is 5. The van der Waals surface area contributed by atoms with Crippen LogP contribution in [0.4, 0.5) is 4.39 Å². The van der Waals surface area contributed by atoms with Crippen LogP contribution in [0.15, 0.2) is 95.9 Å². The summed E-state index contributed by atoms with van der Waals surface area (Å²) in [6.45, 7) is 0. The van der Waals surface area contributed by atoms with Gasteiger partial charge in [0.15, 0.2) is 5.78 Å². The molecule has 0 bridgehead atoms. The Kier molecular flexibility index (Phi) is 5.03. The summed E-state index contributed by atoms with van der Waals surface area (Å²) in [4.78, 5) is 27.7. The molecule has 0 radical (unpaired) electrons. The summed E-state index contributed by atoms with van der Waals surface area (Å²) in [5.74, 6) is -0.497. The molecule has 142 valence electrons. The number of ketones is 1. The zero-order valence-electron chi connectivity index (χ0n) is 15.4. The predicted molar refractivity (Wildman–Crippen MR) is 112 cm³/mol. The van der Waals surface area contributed by atoms with Gasteiger partial charge in [-0.25, -0.2) is 9.18 Å². The van der Waals surface area contributed by atoms with E-state index >= 15 is 0 Å². The van der Waals surface area contributed by atoms with Gasteiger partial charge in [-0.05, 0) is 53.6 Å². The molecular weight excluding hydrogens is 367 g/mol. The van der Waals surface area contributed by atoms with Gasteiger partial charge in [-0.1, -0.05) is 48.5 Å². The van der Waals surface area contributed by atoms with Gasteiger partial charge < -0.3 is 4.98 Å². The topological polar surface area (TPSA) is 54.9 Å². The van der Waals surface area contributed by atoms with Crippen molar-refractivity contribution in [2.45, 2.75) is 0 Å². The van der Waals surface area contributed by atoms with Crippen molar-refractivity contribution in [3.05, 3.63) is 119 Å². The smallest absolute Gasteiger partial charge is 0.305 e. The third-order valence-corrected chi connectivity index (χ3v) is 4.51. The SMILES string of the molecule is O=C(C=Cc1ccccc1)c1cccc(-n2cc(-c3ccc(F)cc3)[nH]c2=O)c1. The number of benzene rings is 3. The minimum atomic E-state index is -0.342. The van der Waals surface area contributed by atoms with E-state index in [1.165, 1.54) is 22.8 Å². The van der Waals surface area contributed by atoms with E-state index in [0.717, 1.165) is 5.56 Å². The van der Waals surface area contributed by atoms with Crippen LogP contribution < -0.4 is 5.69 Å². The minimum absolute atomic E-state index is 0.155. The van der Waals surface area contributed by atoms with Crippen molar-refractivity contribution in [2.75, 3.05) is 0 Å². The fourth-order valence-electron chi connectivity index (χ4n) is 3.00. The Morgan fingerprint density at radius 1 is 0.931 bits per heavy atom. The molecule has 29 heavy (non-hydrogen) atoms. The molecule has 4 aromatic rings. The first-order valence-electron chi connectivity index (χ1n) is 9.06. The van der Waals surface area contributed by atoms with E-state index in [0.29, 0.717) is 22.5 Å². The van der Waals surface area contributed by atoms with E-state index < -0.39 is 0 Å². The Morgan fingerprint density at radius 2 is 1.69 bits per heavy atom. The number of hydrogen-bond donors (Lipinski definition) is 1. The van der Waals surface area contributed by atoms with Gasteiger partial charge in [-0.3, -0.25) is 9.36 Å². The van der Waals surface area contributed by atoms with Crippen molar-refractivity contribution in [2.24, 2.45) is 0 Å². The van der Waals surface area contributed by atoms with Crippen molar-refractivity contribution < 1.29 is 9.18 Å². The molecule has 0 saturated heterocycles. The maximum absolute atomic E-state index is 13.1. The highest BCUT2D eigenvalue weighted by molar-refractivity contribution is 6.07. The number of H-pyrrole nitrogens is 1. The Morgan fingerprint density at radius 3 is 2.45 bits per heavy atom. The lowest BCUT2D eigenvalue weighted by Crippen LogP contribution is -2.14. The lowest BCUT2D eigenvalue weighted by molar-refractivity contribution is 0.104. The first-order chi connectivity index (χ1) is 14.1.